The Hall–Kier alpha value is -2.10. The SMILES string of the molecule is CC(C)CCNC(=O)[C@H](CC(C)C)NC(=O)[C@H]1OSO[C@@H]1C(=O)NCc1ccccc1. The molecule has 1 aromatic rings. The Kier molecular flexibility index (Phi) is 10.3. The first-order valence-electron chi connectivity index (χ1n) is 10.7. The van der Waals surface area contributed by atoms with Crippen molar-refractivity contribution in [3.05, 3.63) is 35.9 Å². The second-order valence-corrected chi connectivity index (χ2v) is 8.99. The van der Waals surface area contributed by atoms with Crippen LogP contribution in [-0.2, 0) is 29.3 Å². The van der Waals surface area contributed by atoms with Crippen molar-refractivity contribution in [2.45, 2.75) is 65.3 Å². The summed E-state index contributed by atoms with van der Waals surface area (Å²) < 4.78 is 10.6. The predicted octanol–water partition coefficient (Wildman–Crippen LogP) is 2.34. The highest BCUT2D eigenvalue weighted by Gasteiger charge is 2.43. The Morgan fingerprint density at radius 3 is 2.19 bits per heavy atom. The van der Waals surface area contributed by atoms with Crippen LogP contribution < -0.4 is 16.0 Å². The molecule has 3 amide bonds. The van der Waals surface area contributed by atoms with Crippen molar-refractivity contribution < 1.29 is 22.7 Å². The van der Waals surface area contributed by atoms with E-state index in [4.69, 9.17) is 8.37 Å². The smallest absolute Gasteiger partial charge is 0.254 e. The molecular weight excluding hydrogens is 418 g/mol. The van der Waals surface area contributed by atoms with Crippen LogP contribution in [0.25, 0.3) is 0 Å². The Morgan fingerprint density at radius 1 is 0.935 bits per heavy atom. The second kappa shape index (κ2) is 12.7. The molecule has 1 aromatic carbocycles. The molecule has 8 nitrogen and oxygen atoms in total. The van der Waals surface area contributed by atoms with Gasteiger partial charge in [-0.3, -0.25) is 22.7 Å². The monoisotopic (exact) mass is 451 g/mol. The van der Waals surface area contributed by atoms with Crippen LogP contribution in [0.15, 0.2) is 30.3 Å². The maximum atomic E-state index is 12.8. The lowest BCUT2D eigenvalue weighted by molar-refractivity contribution is -0.139. The lowest BCUT2D eigenvalue weighted by atomic mass is 10.0. The van der Waals surface area contributed by atoms with E-state index in [0.29, 0.717) is 37.8 Å². The topological polar surface area (TPSA) is 106 Å². The maximum Gasteiger partial charge on any atom is 0.254 e. The van der Waals surface area contributed by atoms with Crippen LogP contribution in [0.4, 0.5) is 0 Å². The Morgan fingerprint density at radius 2 is 1.58 bits per heavy atom. The summed E-state index contributed by atoms with van der Waals surface area (Å²) in [5.74, 6) is -0.569. The summed E-state index contributed by atoms with van der Waals surface area (Å²) >= 11 is 0.613. The van der Waals surface area contributed by atoms with Crippen molar-refractivity contribution in [3.8, 4) is 0 Å². The third-order valence-corrected chi connectivity index (χ3v) is 5.32. The van der Waals surface area contributed by atoms with E-state index in [1.54, 1.807) is 0 Å². The average molecular weight is 452 g/mol. The van der Waals surface area contributed by atoms with Gasteiger partial charge in [0.25, 0.3) is 11.8 Å². The first-order chi connectivity index (χ1) is 14.8. The second-order valence-electron chi connectivity index (χ2n) is 8.47. The lowest BCUT2D eigenvalue weighted by Crippen LogP contribution is -2.54. The number of hydrogen-bond acceptors (Lipinski definition) is 6. The molecule has 0 radical (unpaired) electrons. The largest absolute Gasteiger partial charge is 0.354 e. The van der Waals surface area contributed by atoms with Gasteiger partial charge in [0.2, 0.25) is 5.91 Å². The Bertz CT molecular complexity index is 729. The van der Waals surface area contributed by atoms with Gasteiger partial charge in [-0.2, -0.15) is 0 Å². The fourth-order valence-corrected chi connectivity index (χ4v) is 3.61. The molecule has 0 aromatic heterocycles. The molecule has 3 atom stereocenters. The molecule has 0 saturated carbocycles. The Balaban J connectivity index is 1.94. The molecule has 3 N–H and O–H groups in total. The third kappa shape index (κ3) is 8.51. The molecule has 2 rings (SSSR count). The molecule has 31 heavy (non-hydrogen) atoms. The number of carbonyl (C=O) groups is 3. The van der Waals surface area contributed by atoms with Gasteiger partial charge >= 0.3 is 0 Å². The zero-order valence-corrected chi connectivity index (χ0v) is 19.4. The normalized spacial score (nSPS) is 19.3. The molecule has 1 aliphatic heterocycles. The number of carbonyl (C=O) groups excluding carboxylic acids is 3. The summed E-state index contributed by atoms with van der Waals surface area (Å²) in [6.07, 6.45) is -0.907. The standard InChI is InChI=1S/C22H33N3O5S/c1-14(2)10-11-23-20(26)17(12-15(3)4)25-22(28)19-18(29-31-30-19)21(27)24-13-16-8-6-5-7-9-16/h5-9,14-15,17-19H,10-13H2,1-4H3,(H,23,26)(H,24,27)(H,25,28)/t17-,18-,19-/m0/s1. The van der Waals surface area contributed by atoms with E-state index >= 15 is 0 Å². The summed E-state index contributed by atoms with van der Waals surface area (Å²) in [4.78, 5) is 38.0. The minimum Gasteiger partial charge on any atom is -0.354 e. The first-order valence-corrected chi connectivity index (χ1v) is 11.3. The molecule has 1 fully saturated rings. The van der Waals surface area contributed by atoms with E-state index in [9.17, 15) is 14.4 Å². The van der Waals surface area contributed by atoms with Crippen LogP contribution in [0.1, 0.15) is 46.1 Å². The summed E-state index contributed by atoms with van der Waals surface area (Å²) in [5, 5.41) is 8.37. The van der Waals surface area contributed by atoms with Crippen LogP contribution in [-0.4, -0.2) is 42.5 Å². The molecule has 172 valence electrons. The van der Waals surface area contributed by atoms with Gasteiger partial charge in [0.1, 0.15) is 6.04 Å². The minimum absolute atomic E-state index is 0.196. The van der Waals surface area contributed by atoms with Crippen molar-refractivity contribution in [3.63, 3.8) is 0 Å². The predicted molar refractivity (Wildman–Crippen MR) is 119 cm³/mol. The summed E-state index contributed by atoms with van der Waals surface area (Å²) in [6.45, 7) is 8.98. The highest BCUT2D eigenvalue weighted by molar-refractivity contribution is 7.90. The van der Waals surface area contributed by atoms with Gasteiger partial charge in [-0.15, -0.1) is 0 Å². The van der Waals surface area contributed by atoms with Gasteiger partial charge in [-0.1, -0.05) is 58.0 Å². The van der Waals surface area contributed by atoms with Crippen LogP contribution in [0.2, 0.25) is 0 Å². The quantitative estimate of drug-likeness (QED) is 0.446. The van der Waals surface area contributed by atoms with Gasteiger partial charge in [-0.05, 0) is 30.2 Å². The zero-order valence-electron chi connectivity index (χ0n) is 18.6. The van der Waals surface area contributed by atoms with Crippen molar-refractivity contribution in [1.29, 1.82) is 0 Å². The van der Waals surface area contributed by atoms with Crippen LogP contribution in [0.3, 0.4) is 0 Å². The number of hydrogen-bond donors (Lipinski definition) is 3. The van der Waals surface area contributed by atoms with E-state index in [1.807, 2.05) is 44.2 Å². The van der Waals surface area contributed by atoms with E-state index in [1.165, 1.54) is 0 Å². The fraction of sp³-hybridized carbons (Fsp3) is 0.591. The van der Waals surface area contributed by atoms with Crippen LogP contribution in [0, 0.1) is 11.8 Å². The molecule has 0 bridgehead atoms. The number of nitrogens with one attached hydrogen (secondary N) is 3. The van der Waals surface area contributed by atoms with Crippen LogP contribution in [0.5, 0.6) is 0 Å². The van der Waals surface area contributed by atoms with E-state index < -0.39 is 30.1 Å². The molecule has 0 unspecified atom stereocenters. The highest BCUT2D eigenvalue weighted by Crippen LogP contribution is 2.26. The van der Waals surface area contributed by atoms with Gasteiger partial charge < -0.3 is 16.0 Å². The average Bonchev–Trinajstić information content (AvgIpc) is 3.21. The first kappa shape index (κ1) is 25.2. The maximum absolute atomic E-state index is 12.8. The third-order valence-electron chi connectivity index (χ3n) is 4.75. The minimum atomic E-state index is -1.14. The molecule has 0 aliphatic carbocycles. The number of benzene rings is 1. The summed E-state index contributed by atoms with van der Waals surface area (Å²) in [7, 11) is 0. The van der Waals surface area contributed by atoms with Crippen molar-refractivity contribution >= 4 is 30.0 Å². The van der Waals surface area contributed by atoms with Gasteiger partial charge in [-0.25, -0.2) is 0 Å². The number of rotatable bonds is 11. The lowest BCUT2D eigenvalue weighted by Gasteiger charge is -2.22. The van der Waals surface area contributed by atoms with Crippen LogP contribution >= 0.6 is 12.3 Å². The Labute approximate surface area is 188 Å². The molecule has 1 aliphatic rings. The van der Waals surface area contributed by atoms with Gasteiger partial charge in [0.15, 0.2) is 24.5 Å². The van der Waals surface area contributed by atoms with E-state index in [-0.39, 0.29) is 11.8 Å². The highest BCUT2D eigenvalue weighted by atomic mass is 32.2. The zero-order chi connectivity index (χ0) is 22.8. The van der Waals surface area contributed by atoms with E-state index in [0.717, 1.165) is 12.0 Å². The molecule has 0 spiro atoms. The van der Waals surface area contributed by atoms with Crippen molar-refractivity contribution in [2.24, 2.45) is 11.8 Å². The molecular formula is C22H33N3O5S. The summed E-state index contributed by atoms with van der Waals surface area (Å²) in [5.41, 5.74) is 0.929. The molecule has 1 saturated heterocycles. The molecule has 1 heterocycles. The van der Waals surface area contributed by atoms with Gasteiger partial charge in [0.05, 0.1) is 0 Å². The number of amides is 3. The van der Waals surface area contributed by atoms with Crippen molar-refractivity contribution in [1.82, 2.24) is 16.0 Å². The fourth-order valence-electron chi connectivity index (χ4n) is 3.02. The van der Waals surface area contributed by atoms with Gasteiger partial charge in [0, 0.05) is 13.1 Å². The van der Waals surface area contributed by atoms with E-state index in [2.05, 4.69) is 29.8 Å². The summed E-state index contributed by atoms with van der Waals surface area (Å²) in [6, 6.07) is 8.72. The van der Waals surface area contributed by atoms with Crippen molar-refractivity contribution in [2.75, 3.05) is 6.54 Å². The molecule has 9 heteroatoms.